The molecule has 1 fully saturated rings. The molecule has 0 aromatic carbocycles. The van der Waals surface area contributed by atoms with Crippen LogP contribution < -0.4 is 5.32 Å². The third kappa shape index (κ3) is 2.64. The van der Waals surface area contributed by atoms with E-state index in [1.54, 1.807) is 6.92 Å². The molecule has 1 aromatic heterocycles. The van der Waals surface area contributed by atoms with E-state index in [9.17, 15) is 9.59 Å². The fourth-order valence-electron chi connectivity index (χ4n) is 2.21. The zero-order valence-electron chi connectivity index (χ0n) is 10.1. The quantitative estimate of drug-likeness (QED) is 0.825. The molecule has 0 saturated heterocycles. The number of aliphatic carboxylic acids is 1. The Hall–Kier alpha value is -1.98. The number of carboxylic acids is 1. The van der Waals surface area contributed by atoms with E-state index < -0.39 is 5.97 Å². The van der Waals surface area contributed by atoms with Crippen molar-refractivity contribution in [1.29, 1.82) is 0 Å². The lowest BCUT2D eigenvalue weighted by atomic mass is 10.1. The van der Waals surface area contributed by atoms with Crippen LogP contribution in [0.15, 0.2) is 12.5 Å². The molecule has 6 nitrogen and oxygen atoms in total. The maximum absolute atomic E-state index is 12.0. The van der Waals surface area contributed by atoms with E-state index in [4.69, 9.17) is 5.11 Å². The number of amides is 1. The molecule has 6 heteroatoms. The predicted octanol–water partition coefficient (Wildman–Crippen LogP) is 0.768. The molecule has 1 heterocycles. The molecule has 0 unspecified atom stereocenters. The van der Waals surface area contributed by atoms with Gasteiger partial charge >= 0.3 is 5.97 Å². The van der Waals surface area contributed by atoms with Gasteiger partial charge in [-0.3, -0.25) is 9.59 Å². The van der Waals surface area contributed by atoms with Crippen molar-refractivity contribution in [3.8, 4) is 0 Å². The number of nitrogens with one attached hydrogen (secondary N) is 1. The maximum Gasteiger partial charge on any atom is 0.306 e. The normalized spacial score (nSPS) is 22.7. The summed E-state index contributed by atoms with van der Waals surface area (Å²) in [5.74, 6) is -1.36. The number of carbonyl (C=O) groups excluding carboxylic acids is 1. The molecular formula is C12H15N3O3. The molecule has 2 rings (SSSR count). The van der Waals surface area contributed by atoms with E-state index in [1.807, 2.05) is 0 Å². The first-order valence-electron chi connectivity index (χ1n) is 5.88. The smallest absolute Gasteiger partial charge is 0.306 e. The number of rotatable bonds is 3. The van der Waals surface area contributed by atoms with E-state index in [2.05, 4.69) is 15.3 Å². The Morgan fingerprint density at radius 3 is 2.83 bits per heavy atom. The second-order valence-corrected chi connectivity index (χ2v) is 4.54. The number of aromatic nitrogens is 2. The highest BCUT2D eigenvalue weighted by atomic mass is 16.4. The Kier molecular flexibility index (Phi) is 3.55. The Labute approximate surface area is 104 Å². The van der Waals surface area contributed by atoms with Gasteiger partial charge in [-0.05, 0) is 26.2 Å². The summed E-state index contributed by atoms with van der Waals surface area (Å²) in [7, 11) is 0. The summed E-state index contributed by atoms with van der Waals surface area (Å²) in [6, 6.07) is -0.0711. The van der Waals surface area contributed by atoms with Crippen molar-refractivity contribution in [2.45, 2.75) is 32.2 Å². The highest BCUT2D eigenvalue weighted by Gasteiger charge is 2.30. The van der Waals surface area contributed by atoms with Crippen molar-refractivity contribution >= 4 is 11.9 Å². The highest BCUT2D eigenvalue weighted by Crippen LogP contribution is 2.25. The molecule has 0 aliphatic heterocycles. The molecular weight excluding hydrogens is 234 g/mol. The van der Waals surface area contributed by atoms with Crippen LogP contribution in [0.3, 0.4) is 0 Å². The van der Waals surface area contributed by atoms with Crippen LogP contribution in [0.25, 0.3) is 0 Å². The summed E-state index contributed by atoms with van der Waals surface area (Å²) in [4.78, 5) is 30.6. The van der Waals surface area contributed by atoms with Crippen molar-refractivity contribution in [2.24, 2.45) is 5.92 Å². The van der Waals surface area contributed by atoms with Crippen molar-refractivity contribution in [3.05, 3.63) is 23.8 Å². The lowest BCUT2D eigenvalue weighted by Crippen LogP contribution is -2.34. The van der Waals surface area contributed by atoms with Gasteiger partial charge in [-0.2, -0.15) is 0 Å². The zero-order chi connectivity index (χ0) is 13.1. The maximum atomic E-state index is 12.0. The first kappa shape index (κ1) is 12.5. The minimum atomic E-state index is -0.786. The van der Waals surface area contributed by atoms with Gasteiger partial charge in [0.2, 0.25) is 0 Å². The Bertz CT molecular complexity index is 475. The fraction of sp³-hybridized carbons (Fsp3) is 0.500. The average molecular weight is 249 g/mol. The van der Waals surface area contributed by atoms with E-state index in [0.29, 0.717) is 30.5 Å². The van der Waals surface area contributed by atoms with Crippen LogP contribution in [0.4, 0.5) is 0 Å². The third-order valence-electron chi connectivity index (χ3n) is 3.27. The van der Waals surface area contributed by atoms with Crippen molar-refractivity contribution < 1.29 is 14.7 Å². The third-order valence-corrected chi connectivity index (χ3v) is 3.27. The number of hydrogen-bond donors (Lipinski definition) is 2. The summed E-state index contributed by atoms with van der Waals surface area (Å²) in [6.45, 7) is 1.74. The lowest BCUT2D eigenvalue weighted by Gasteiger charge is -2.12. The molecule has 1 saturated carbocycles. The van der Waals surface area contributed by atoms with Gasteiger partial charge in [0, 0.05) is 12.2 Å². The Morgan fingerprint density at radius 2 is 2.22 bits per heavy atom. The summed E-state index contributed by atoms with van der Waals surface area (Å²) in [6.07, 6.45) is 4.68. The fourth-order valence-corrected chi connectivity index (χ4v) is 2.21. The summed E-state index contributed by atoms with van der Waals surface area (Å²) < 4.78 is 0. The molecule has 1 aliphatic rings. The van der Waals surface area contributed by atoms with Gasteiger partial charge in [0.05, 0.1) is 17.2 Å². The summed E-state index contributed by atoms with van der Waals surface area (Å²) in [5, 5.41) is 11.7. The second-order valence-electron chi connectivity index (χ2n) is 4.54. The zero-order valence-corrected chi connectivity index (χ0v) is 10.1. The lowest BCUT2D eigenvalue weighted by molar-refractivity contribution is -0.141. The van der Waals surface area contributed by atoms with E-state index in [1.165, 1.54) is 12.5 Å². The number of carboxylic acid groups (broad SMARTS) is 1. The van der Waals surface area contributed by atoms with E-state index >= 15 is 0 Å². The van der Waals surface area contributed by atoms with Gasteiger partial charge in [0.1, 0.15) is 6.33 Å². The minimum Gasteiger partial charge on any atom is -0.481 e. The molecule has 1 amide bonds. The van der Waals surface area contributed by atoms with Gasteiger partial charge < -0.3 is 10.4 Å². The SMILES string of the molecule is Cc1ncncc1C(=O)N[C@@H]1CC[C@H](C(=O)O)C1. The highest BCUT2D eigenvalue weighted by molar-refractivity contribution is 5.95. The molecule has 2 atom stereocenters. The van der Waals surface area contributed by atoms with Crippen LogP contribution in [0.5, 0.6) is 0 Å². The van der Waals surface area contributed by atoms with Gasteiger partial charge in [-0.1, -0.05) is 0 Å². The van der Waals surface area contributed by atoms with Gasteiger partial charge in [0.15, 0.2) is 0 Å². The van der Waals surface area contributed by atoms with Gasteiger partial charge in [-0.25, -0.2) is 9.97 Å². The summed E-state index contributed by atoms with van der Waals surface area (Å²) >= 11 is 0. The van der Waals surface area contributed by atoms with E-state index in [-0.39, 0.29) is 17.9 Å². The largest absolute Gasteiger partial charge is 0.481 e. The second kappa shape index (κ2) is 5.12. The van der Waals surface area contributed by atoms with Crippen LogP contribution in [0.1, 0.15) is 35.3 Å². The molecule has 0 spiro atoms. The molecule has 18 heavy (non-hydrogen) atoms. The monoisotopic (exact) mass is 249 g/mol. The number of aryl methyl sites for hydroxylation is 1. The Morgan fingerprint density at radius 1 is 1.44 bits per heavy atom. The molecule has 1 aliphatic carbocycles. The molecule has 96 valence electrons. The standard InChI is InChI=1S/C12H15N3O3/c1-7-10(5-13-6-14-7)11(16)15-9-3-2-8(4-9)12(17)18/h5-6,8-9H,2-4H2,1H3,(H,15,16)(H,17,18)/t8-,9+/m0/s1. The van der Waals surface area contributed by atoms with Crippen LogP contribution in [0.2, 0.25) is 0 Å². The van der Waals surface area contributed by atoms with Gasteiger partial charge in [0.25, 0.3) is 5.91 Å². The average Bonchev–Trinajstić information content (AvgIpc) is 2.78. The van der Waals surface area contributed by atoms with Crippen molar-refractivity contribution in [2.75, 3.05) is 0 Å². The topological polar surface area (TPSA) is 92.2 Å². The first-order valence-corrected chi connectivity index (χ1v) is 5.88. The van der Waals surface area contributed by atoms with Gasteiger partial charge in [-0.15, -0.1) is 0 Å². The van der Waals surface area contributed by atoms with Crippen molar-refractivity contribution in [3.63, 3.8) is 0 Å². The van der Waals surface area contributed by atoms with E-state index in [0.717, 1.165) is 0 Å². The number of carbonyl (C=O) groups is 2. The molecule has 0 radical (unpaired) electrons. The Balaban J connectivity index is 1.97. The van der Waals surface area contributed by atoms with Crippen LogP contribution in [0, 0.1) is 12.8 Å². The van der Waals surface area contributed by atoms with Crippen molar-refractivity contribution in [1.82, 2.24) is 15.3 Å². The first-order chi connectivity index (χ1) is 8.58. The molecule has 1 aromatic rings. The number of hydrogen-bond acceptors (Lipinski definition) is 4. The summed E-state index contributed by atoms with van der Waals surface area (Å²) in [5.41, 5.74) is 1.06. The number of nitrogens with zero attached hydrogens (tertiary/aromatic N) is 2. The molecule has 0 bridgehead atoms. The van der Waals surface area contributed by atoms with Crippen LogP contribution >= 0.6 is 0 Å². The van der Waals surface area contributed by atoms with Crippen LogP contribution in [-0.4, -0.2) is 33.0 Å². The molecule has 2 N–H and O–H groups in total. The predicted molar refractivity (Wildman–Crippen MR) is 63.0 cm³/mol. The minimum absolute atomic E-state index is 0.0711. The van der Waals surface area contributed by atoms with Crippen LogP contribution in [-0.2, 0) is 4.79 Å².